The zero-order valence-electron chi connectivity index (χ0n) is 14.0. The third-order valence-corrected chi connectivity index (χ3v) is 3.65. The summed E-state index contributed by atoms with van der Waals surface area (Å²) in [6.07, 6.45) is 0.580. The first-order chi connectivity index (χ1) is 11.4. The molecule has 0 atom stereocenters. The molecular formula is C18H20N2O4. The van der Waals surface area contributed by atoms with Gasteiger partial charge in [-0.25, -0.2) is 0 Å². The molecule has 6 heteroatoms. The zero-order chi connectivity index (χ0) is 17.7. The summed E-state index contributed by atoms with van der Waals surface area (Å²) in [5.74, 6) is 0.314. The largest absolute Gasteiger partial charge is 0.484 e. The molecule has 0 heterocycles. The number of carbonyl (C=O) groups is 1. The van der Waals surface area contributed by atoms with Crippen molar-refractivity contribution in [1.82, 2.24) is 0 Å². The Labute approximate surface area is 140 Å². The van der Waals surface area contributed by atoms with Crippen LogP contribution in [0.5, 0.6) is 5.75 Å². The molecule has 24 heavy (non-hydrogen) atoms. The van der Waals surface area contributed by atoms with E-state index in [0.717, 1.165) is 11.1 Å². The van der Waals surface area contributed by atoms with E-state index >= 15 is 0 Å². The van der Waals surface area contributed by atoms with Crippen molar-refractivity contribution in [2.24, 2.45) is 0 Å². The van der Waals surface area contributed by atoms with Crippen LogP contribution in [0, 0.1) is 24.0 Å². The minimum atomic E-state index is -0.432. The first-order valence-corrected chi connectivity index (χ1v) is 7.68. The Bertz CT molecular complexity index is 754. The molecule has 0 saturated heterocycles. The molecule has 0 unspecified atom stereocenters. The number of nitrogens with one attached hydrogen (secondary N) is 1. The molecule has 0 fully saturated rings. The number of amides is 1. The Hall–Kier alpha value is -2.89. The molecular weight excluding hydrogens is 308 g/mol. The predicted molar refractivity (Wildman–Crippen MR) is 92.5 cm³/mol. The fourth-order valence-electron chi connectivity index (χ4n) is 2.36. The summed E-state index contributed by atoms with van der Waals surface area (Å²) < 4.78 is 5.45. The van der Waals surface area contributed by atoms with Crippen LogP contribution in [0.2, 0.25) is 0 Å². The number of hydrogen-bond donors (Lipinski definition) is 1. The molecule has 1 N–H and O–H groups in total. The number of nitro benzene ring substituents is 1. The van der Waals surface area contributed by atoms with Gasteiger partial charge in [-0.1, -0.05) is 24.6 Å². The van der Waals surface area contributed by atoms with Gasteiger partial charge in [-0.05, 0) is 43.5 Å². The van der Waals surface area contributed by atoms with Crippen molar-refractivity contribution in [3.63, 3.8) is 0 Å². The molecule has 0 saturated carbocycles. The second-order valence-electron chi connectivity index (χ2n) is 5.56. The van der Waals surface area contributed by atoms with Gasteiger partial charge >= 0.3 is 0 Å². The van der Waals surface area contributed by atoms with E-state index in [-0.39, 0.29) is 18.2 Å². The maximum absolute atomic E-state index is 12.1. The number of non-ortho nitro benzene ring substituents is 1. The lowest BCUT2D eigenvalue weighted by atomic mass is 10.0. The van der Waals surface area contributed by atoms with Gasteiger partial charge in [-0.15, -0.1) is 0 Å². The monoisotopic (exact) mass is 328 g/mol. The molecule has 0 aliphatic rings. The van der Waals surface area contributed by atoms with Gasteiger partial charge in [-0.3, -0.25) is 14.9 Å². The van der Waals surface area contributed by atoms with Crippen LogP contribution in [-0.2, 0) is 11.2 Å². The van der Waals surface area contributed by atoms with E-state index in [4.69, 9.17) is 4.74 Å². The molecule has 2 aromatic carbocycles. The topological polar surface area (TPSA) is 81.5 Å². The molecule has 1 amide bonds. The number of rotatable bonds is 6. The predicted octanol–water partition coefficient (Wildman–Crippen LogP) is 3.79. The molecule has 2 rings (SSSR count). The number of nitrogens with zero attached hydrogens (tertiary/aromatic N) is 1. The third kappa shape index (κ3) is 4.32. The van der Waals surface area contributed by atoms with Crippen LogP contribution in [-0.4, -0.2) is 17.4 Å². The van der Waals surface area contributed by atoms with Crippen molar-refractivity contribution in [1.29, 1.82) is 0 Å². The van der Waals surface area contributed by atoms with Crippen LogP contribution in [0.15, 0.2) is 36.4 Å². The van der Waals surface area contributed by atoms with Gasteiger partial charge in [-0.2, -0.15) is 0 Å². The van der Waals surface area contributed by atoms with Crippen molar-refractivity contribution < 1.29 is 14.5 Å². The Morgan fingerprint density at radius 1 is 1.21 bits per heavy atom. The summed E-state index contributed by atoms with van der Waals surface area (Å²) in [6, 6.07) is 10.4. The highest BCUT2D eigenvalue weighted by atomic mass is 16.6. The van der Waals surface area contributed by atoms with Crippen LogP contribution >= 0.6 is 0 Å². The highest BCUT2D eigenvalue weighted by Gasteiger charge is 2.15. The van der Waals surface area contributed by atoms with Gasteiger partial charge in [0, 0.05) is 17.8 Å². The molecule has 0 bridgehead atoms. The number of benzene rings is 2. The van der Waals surface area contributed by atoms with Crippen LogP contribution in [0.25, 0.3) is 0 Å². The fraction of sp³-hybridized carbons (Fsp3) is 0.278. The van der Waals surface area contributed by atoms with E-state index in [2.05, 4.69) is 5.32 Å². The average molecular weight is 328 g/mol. The van der Waals surface area contributed by atoms with Crippen molar-refractivity contribution in [2.45, 2.75) is 27.2 Å². The summed E-state index contributed by atoms with van der Waals surface area (Å²) in [6.45, 7) is 5.47. The Morgan fingerprint density at radius 2 is 1.88 bits per heavy atom. The molecule has 6 nitrogen and oxygen atoms in total. The molecule has 0 aliphatic heterocycles. The normalized spacial score (nSPS) is 10.3. The van der Waals surface area contributed by atoms with Gasteiger partial charge in [0.05, 0.1) is 4.92 Å². The number of hydrogen-bond acceptors (Lipinski definition) is 4. The minimum Gasteiger partial charge on any atom is -0.484 e. The fourth-order valence-corrected chi connectivity index (χ4v) is 2.36. The second kappa shape index (κ2) is 7.59. The Morgan fingerprint density at radius 3 is 2.46 bits per heavy atom. The number of aryl methyl sites for hydroxylation is 3. The van der Waals surface area contributed by atoms with Crippen molar-refractivity contribution in [3.05, 3.63) is 63.2 Å². The summed E-state index contributed by atoms with van der Waals surface area (Å²) in [7, 11) is 0. The summed E-state index contributed by atoms with van der Waals surface area (Å²) >= 11 is 0. The van der Waals surface area contributed by atoms with Crippen molar-refractivity contribution in [3.8, 4) is 5.75 Å². The molecule has 2 aromatic rings. The smallest absolute Gasteiger partial charge is 0.270 e. The number of carbonyl (C=O) groups excluding carboxylic acids is 1. The summed E-state index contributed by atoms with van der Waals surface area (Å²) in [5.41, 5.74) is 3.13. The van der Waals surface area contributed by atoms with Crippen LogP contribution in [0.3, 0.4) is 0 Å². The Kier molecular flexibility index (Phi) is 5.52. The van der Waals surface area contributed by atoms with Crippen molar-refractivity contribution in [2.75, 3.05) is 11.9 Å². The van der Waals surface area contributed by atoms with E-state index in [1.165, 1.54) is 12.1 Å². The van der Waals surface area contributed by atoms with Crippen molar-refractivity contribution >= 4 is 17.3 Å². The highest BCUT2D eigenvalue weighted by Crippen LogP contribution is 2.27. The first kappa shape index (κ1) is 17.5. The first-order valence-electron chi connectivity index (χ1n) is 7.68. The van der Waals surface area contributed by atoms with E-state index in [1.807, 2.05) is 26.0 Å². The van der Waals surface area contributed by atoms with Gasteiger partial charge in [0.1, 0.15) is 5.75 Å². The molecule has 0 aliphatic carbocycles. The van der Waals surface area contributed by atoms with Gasteiger partial charge in [0.2, 0.25) is 0 Å². The standard InChI is InChI=1S/C18H20N2O4/c1-4-14-10-15(20(22)23)9-13(3)18(14)19-17(21)11-24-16-7-5-12(2)6-8-16/h5-10H,4,11H2,1-3H3,(H,19,21). The van der Waals surface area contributed by atoms with Crippen LogP contribution in [0.4, 0.5) is 11.4 Å². The van der Waals surface area contributed by atoms with Gasteiger partial charge in [0.25, 0.3) is 11.6 Å². The summed E-state index contributed by atoms with van der Waals surface area (Å²) in [4.78, 5) is 22.6. The highest BCUT2D eigenvalue weighted by molar-refractivity contribution is 5.93. The van der Waals surface area contributed by atoms with E-state index in [0.29, 0.717) is 23.4 Å². The lowest BCUT2D eigenvalue weighted by Gasteiger charge is -2.13. The van der Waals surface area contributed by atoms with E-state index < -0.39 is 4.92 Å². The maximum Gasteiger partial charge on any atom is 0.270 e. The Balaban J connectivity index is 2.08. The van der Waals surface area contributed by atoms with E-state index in [1.54, 1.807) is 19.1 Å². The molecule has 0 radical (unpaired) electrons. The average Bonchev–Trinajstić information content (AvgIpc) is 2.55. The van der Waals surface area contributed by atoms with E-state index in [9.17, 15) is 14.9 Å². The summed E-state index contributed by atoms with van der Waals surface area (Å²) in [5, 5.41) is 13.7. The lowest BCUT2D eigenvalue weighted by molar-refractivity contribution is -0.384. The SMILES string of the molecule is CCc1cc([N+](=O)[O-])cc(C)c1NC(=O)COc1ccc(C)cc1. The maximum atomic E-state index is 12.1. The number of nitro groups is 1. The van der Waals surface area contributed by atoms with Gasteiger partial charge < -0.3 is 10.1 Å². The third-order valence-electron chi connectivity index (χ3n) is 3.65. The van der Waals surface area contributed by atoms with Crippen LogP contribution < -0.4 is 10.1 Å². The van der Waals surface area contributed by atoms with Crippen LogP contribution in [0.1, 0.15) is 23.6 Å². The second-order valence-corrected chi connectivity index (χ2v) is 5.56. The lowest BCUT2D eigenvalue weighted by Crippen LogP contribution is -2.21. The molecule has 126 valence electrons. The molecule has 0 aromatic heterocycles. The number of anilines is 1. The quantitative estimate of drug-likeness (QED) is 0.646. The minimum absolute atomic E-state index is 0.0262. The zero-order valence-corrected chi connectivity index (χ0v) is 14.0. The van der Waals surface area contributed by atoms with Gasteiger partial charge in [0.15, 0.2) is 6.61 Å². The number of ether oxygens (including phenoxy) is 1. The molecule has 0 spiro atoms.